The highest BCUT2D eigenvalue weighted by molar-refractivity contribution is 7.09. The molecule has 0 N–H and O–H groups in total. The van der Waals surface area contributed by atoms with E-state index < -0.39 is 0 Å². The zero-order valence-corrected chi connectivity index (χ0v) is 15.0. The third-order valence-electron chi connectivity index (χ3n) is 4.31. The number of rotatable bonds is 3. The highest BCUT2D eigenvalue weighted by Crippen LogP contribution is 2.37. The Bertz CT molecular complexity index is 941. The van der Waals surface area contributed by atoms with Crippen molar-refractivity contribution in [3.8, 4) is 17.0 Å². The zero-order valence-electron chi connectivity index (χ0n) is 14.2. The van der Waals surface area contributed by atoms with Crippen molar-refractivity contribution in [2.24, 2.45) is 0 Å². The van der Waals surface area contributed by atoms with Gasteiger partial charge in [-0.25, -0.2) is 4.98 Å². The molecule has 0 saturated heterocycles. The first kappa shape index (κ1) is 15.8. The van der Waals surface area contributed by atoms with Crippen LogP contribution in [0, 0.1) is 20.8 Å². The maximum absolute atomic E-state index is 12.5. The van der Waals surface area contributed by atoms with Crippen LogP contribution in [0.15, 0.2) is 28.1 Å². The first-order chi connectivity index (χ1) is 12.0. The van der Waals surface area contributed by atoms with Crippen LogP contribution in [0.4, 0.5) is 5.69 Å². The molecule has 3 heterocycles. The fourth-order valence-corrected chi connectivity index (χ4v) is 3.54. The zero-order chi connectivity index (χ0) is 17.6. The second-order valence-electron chi connectivity index (χ2n) is 6.01. The van der Waals surface area contributed by atoms with E-state index in [-0.39, 0.29) is 12.5 Å². The van der Waals surface area contributed by atoms with Gasteiger partial charge in [-0.15, -0.1) is 11.3 Å². The Hall–Kier alpha value is -2.67. The van der Waals surface area contributed by atoms with Gasteiger partial charge in [-0.1, -0.05) is 5.16 Å². The molecule has 1 aromatic carbocycles. The number of amides is 1. The molecule has 25 heavy (non-hydrogen) atoms. The van der Waals surface area contributed by atoms with E-state index in [9.17, 15) is 4.79 Å². The fraction of sp³-hybridized carbons (Fsp3) is 0.278. The van der Waals surface area contributed by atoms with Gasteiger partial charge in [0, 0.05) is 16.5 Å². The van der Waals surface area contributed by atoms with Crippen molar-refractivity contribution in [1.82, 2.24) is 10.1 Å². The average Bonchev–Trinajstić information content (AvgIpc) is 3.17. The van der Waals surface area contributed by atoms with E-state index in [4.69, 9.17) is 9.26 Å². The minimum absolute atomic E-state index is 0.0333. The number of aromatic nitrogens is 2. The third-order valence-corrected chi connectivity index (χ3v) is 5.09. The smallest absolute Gasteiger partial charge is 0.265 e. The molecule has 0 fully saturated rings. The number of carbonyl (C=O) groups excluding carboxylic acids is 1. The van der Waals surface area contributed by atoms with Crippen molar-refractivity contribution in [3.05, 3.63) is 45.6 Å². The molecule has 1 amide bonds. The number of aryl methyl sites for hydroxylation is 3. The topological polar surface area (TPSA) is 68.5 Å². The largest absolute Gasteiger partial charge is 0.482 e. The Morgan fingerprint density at radius 3 is 2.80 bits per heavy atom. The van der Waals surface area contributed by atoms with Crippen molar-refractivity contribution in [2.75, 3.05) is 11.5 Å². The normalized spacial score (nSPS) is 13.7. The Labute approximate surface area is 149 Å². The van der Waals surface area contributed by atoms with Gasteiger partial charge in [0.2, 0.25) is 0 Å². The number of benzene rings is 1. The molecular weight excluding hydrogens is 338 g/mol. The van der Waals surface area contributed by atoms with Crippen LogP contribution in [0.5, 0.6) is 5.75 Å². The lowest BCUT2D eigenvalue weighted by Gasteiger charge is -2.29. The summed E-state index contributed by atoms with van der Waals surface area (Å²) in [5.74, 6) is 1.34. The molecule has 2 aromatic heterocycles. The lowest BCUT2D eigenvalue weighted by atomic mass is 10.1. The van der Waals surface area contributed by atoms with Crippen LogP contribution in [-0.2, 0) is 11.3 Å². The Balaban J connectivity index is 1.76. The second-order valence-corrected chi connectivity index (χ2v) is 7.07. The number of fused-ring (bicyclic) bond motifs is 1. The van der Waals surface area contributed by atoms with E-state index in [1.54, 1.807) is 16.2 Å². The van der Waals surface area contributed by atoms with Crippen molar-refractivity contribution in [2.45, 2.75) is 27.3 Å². The summed E-state index contributed by atoms with van der Waals surface area (Å²) in [5.41, 5.74) is 4.34. The van der Waals surface area contributed by atoms with Crippen LogP contribution in [-0.4, -0.2) is 22.7 Å². The predicted octanol–water partition coefficient (Wildman–Crippen LogP) is 3.65. The molecule has 1 aliphatic rings. The van der Waals surface area contributed by atoms with Crippen LogP contribution in [0.3, 0.4) is 0 Å². The summed E-state index contributed by atoms with van der Waals surface area (Å²) < 4.78 is 10.8. The number of carbonyl (C=O) groups is 1. The lowest BCUT2D eigenvalue weighted by molar-refractivity contribution is -0.121. The molecule has 1 aliphatic heterocycles. The van der Waals surface area contributed by atoms with Crippen molar-refractivity contribution >= 4 is 22.9 Å². The minimum atomic E-state index is -0.0842. The summed E-state index contributed by atoms with van der Waals surface area (Å²) in [6.07, 6.45) is 0. The van der Waals surface area contributed by atoms with Gasteiger partial charge in [-0.3, -0.25) is 4.79 Å². The number of nitrogens with zero attached hydrogens (tertiary/aromatic N) is 3. The molecule has 0 spiro atoms. The Morgan fingerprint density at radius 1 is 1.28 bits per heavy atom. The highest BCUT2D eigenvalue weighted by atomic mass is 32.1. The van der Waals surface area contributed by atoms with Gasteiger partial charge in [0.05, 0.1) is 28.6 Å². The summed E-state index contributed by atoms with van der Waals surface area (Å²) >= 11 is 1.60. The Morgan fingerprint density at radius 2 is 2.12 bits per heavy atom. The van der Waals surface area contributed by atoms with Gasteiger partial charge in [-0.05, 0) is 39.0 Å². The van der Waals surface area contributed by atoms with Crippen molar-refractivity contribution in [3.63, 3.8) is 0 Å². The van der Waals surface area contributed by atoms with E-state index in [1.165, 1.54) is 0 Å². The SMILES string of the molecule is Cc1nc(-c2ccc3c(c2)N(Cc2c(C)noc2C)C(=O)CO3)cs1. The monoisotopic (exact) mass is 355 g/mol. The van der Waals surface area contributed by atoms with E-state index in [2.05, 4.69) is 10.1 Å². The van der Waals surface area contributed by atoms with Gasteiger partial charge in [0.25, 0.3) is 5.91 Å². The quantitative estimate of drug-likeness (QED) is 0.717. The molecule has 4 rings (SSSR count). The number of hydrogen-bond acceptors (Lipinski definition) is 6. The summed E-state index contributed by atoms with van der Waals surface area (Å²) in [6, 6.07) is 5.82. The van der Waals surface area contributed by atoms with Gasteiger partial charge < -0.3 is 14.2 Å². The van der Waals surface area contributed by atoms with Gasteiger partial charge in [-0.2, -0.15) is 0 Å². The van der Waals surface area contributed by atoms with Crippen LogP contribution >= 0.6 is 11.3 Å². The van der Waals surface area contributed by atoms with E-state index in [0.29, 0.717) is 12.3 Å². The van der Waals surface area contributed by atoms with Gasteiger partial charge in [0.1, 0.15) is 11.5 Å². The molecule has 3 aromatic rings. The first-order valence-corrected chi connectivity index (χ1v) is 8.82. The maximum Gasteiger partial charge on any atom is 0.265 e. The highest BCUT2D eigenvalue weighted by Gasteiger charge is 2.28. The number of anilines is 1. The molecule has 0 radical (unpaired) electrons. The van der Waals surface area contributed by atoms with Gasteiger partial charge >= 0.3 is 0 Å². The van der Waals surface area contributed by atoms with E-state index in [1.807, 2.05) is 44.4 Å². The summed E-state index contributed by atoms with van der Waals surface area (Å²) in [4.78, 5) is 18.8. The van der Waals surface area contributed by atoms with E-state index in [0.717, 1.165) is 39.0 Å². The molecule has 0 unspecified atom stereocenters. The molecular formula is C18H17N3O3S. The number of hydrogen-bond donors (Lipinski definition) is 0. The maximum atomic E-state index is 12.5. The van der Waals surface area contributed by atoms with Crippen molar-refractivity contribution < 1.29 is 14.1 Å². The van der Waals surface area contributed by atoms with Crippen molar-refractivity contribution in [1.29, 1.82) is 0 Å². The molecule has 0 atom stereocenters. The van der Waals surface area contributed by atoms with E-state index >= 15 is 0 Å². The van der Waals surface area contributed by atoms with Crippen LogP contribution in [0.25, 0.3) is 11.3 Å². The minimum Gasteiger partial charge on any atom is -0.482 e. The summed E-state index contributed by atoms with van der Waals surface area (Å²) in [6.45, 7) is 6.16. The first-order valence-electron chi connectivity index (χ1n) is 7.94. The molecule has 0 saturated carbocycles. The molecule has 0 aliphatic carbocycles. The van der Waals surface area contributed by atoms with Crippen LogP contribution in [0.1, 0.15) is 22.0 Å². The van der Waals surface area contributed by atoms with Gasteiger partial charge in [0.15, 0.2) is 6.61 Å². The average molecular weight is 355 g/mol. The Kier molecular flexibility index (Phi) is 3.80. The lowest BCUT2D eigenvalue weighted by Crippen LogP contribution is -2.38. The number of ether oxygens (including phenoxy) is 1. The summed E-state index contributed by atoms with van der Waals surface area (Å²) in [7, 11) is 0. The third kappa shape index (κ3) is 2.80. The fourth-order valence-electron chi connectivity index (χ4n) is 2.92. The molecule has 6 nitrogen and oxygen atoms in total. The second kappa shape index (κ2) is 6.00. The van der Waals surface area contributed by atoms with Crippen LogP contribution in [0.2, 0.25) is 0 Å². The molecule has 7 heteroatoms. The standard InChI is InChI=1S/C18H17N3O3S/c1-10-14(11(2)24-20-10)7-21-16-6-13(15-9-25-12(3)19-15)4-5-17(16)23-8-18(21)22/h4-6,9H,7-8H2,1-3H3. The molecule has 128 valence electrons. The number of thiazole rings is 1. The summed E-state index contributed by atoms with van der Waals surface area (Å²) in [5, 5.41) is 7.00. The molecule has 0 bridgehead atoms. The van der Waals surface area contributed by atoms with Crippen LogP contribution < -0.4 is 9.64 Å². The predicted molar refractivity (Wildman–Crippen MR) is 94.9 cm³/mol.